The molecule has 0 rings (SSSR count). The van der Waals surface area contributed by atoms with Gasteiger partial charge in [-0.2, -0.15) is 0 Å². The van der Waals surface area contributed by atoms with E-state index in [0.29, 0.717) is 0 Å². The van der Waals surface area contributed by atoms with Crippen LogP contribution in [0, 0.1) is 0 Å². The molecule has 0 spiro atoms. The van der Waals surface area contributed by atoms with Crippen LogP contribution in [0.2, 0.25) is 0 Å². The molecule has 5 heteroatoms. The fourth-order valence-electron chi connectivity index (χ4n) is 0. The van der Waals surface area contributed by atoms with Crippen molar-refractivity contribution >= 4 is 46.8 Å². The van der Waals surface area contributed by atoms with Gasteiger partial charge in [-0.3, -0.25) is 0 Å². The molecule has 0 aliphatic carbocycles. The van der Waals surface area contributed by atoms with Crippen molar-refractivity contribution in [3.8, 4) is 0 Å². The number of rotatable bonds is 0. The van der Waals surface area contributed by atoms with Gasteiger partial charge in [-0.25, -0.2) is 23.7 Å². The third-order valence-corrected chi connectivity index (χ3v) is 0. The standard InChI is InChI=1S/2ClO.Mg/c2*1-2;/q2*-1;+2. The van der Waals surface area contributed by atoms with Gasteiger partial charge in [0.05, 0.1) is 0 Å². The van der Waals surface area contributed by atoms with Crippen LogP contribution in [-0.4, -0.2) is 23.1 Å². The van der Waals surface area contributed by atoms with Crippen molar-refractivity contribution in [3.05, 3.63) is 0 Å². The number of hydrogen-bond donors (Lipinski definition) is 0. The second kappa shape index (κ2) is 59.8. The van der Waals surface area contributed by atoms with Gasteiger partial charge < -0.3 is 9.32 Å². The topological polar surface area (TPSA) is 46.1 Å². The molecule has 5 heavy (non-hydrogen) atoms. The van der Waals surface area contributed by atoms with Crippen molar-refractivity contribution in [1.29, 1.82) is 0 Å². The Morgan fingerprint density at radius 1 is 0.800 bits per heavy atom. The van der Waals surface area contributed by atoms with E-state index in [9.17, 15) is 0 Å². The maximum Gasteiger partial charge on any atom is 2.00 e. The third-order valence-electron chi connectivity index (χ3n) is 0. The fraction of sp³-hybridized carbons (Fsp3) is 0. The molecule has 0 aromatic rings. The second-order valence-corrected chi connectivity index (χ2v) is 0. The summed E-state index contributed by atoms with van der Waals surface area (Å²) in [4.78, 5) is 0. The monoisotopic (exact) mass is 126 g/mol. The van der Waals surface area contributed by atoms with E-state index in [1.54, 1.807) is 0 Å². The minimum absolute atomic E-state index is 0. The molecule has 0 saturated heterocycles. The Morgan fingerprint density at radius 2 is 0.800 bits per heavy atom. The van der Waals surface area contributed by atoms with Crippen LogP contribution in [0.4, 0.5) is 0 Å². The first kappa shape index (κ1) is 16.3. The predicted octanol–water partition coefficient (Wildman–Crippen LogP) is -1.38. The van der Waals surface area contributed by atoms with Gasteiger partial charge in [-0.05, 0) is 0 Å². The summed E-state index contributed by atoms with van der Waals surface area (Å²) >= 11 is 6.78. The summed E-state index contributed by atoms with van der Waals surface area (Å²) in [5, 5.41) is 0. The van der Waals surface area contributed by atoms with Gasteiger partial charge in [-0.1, -0.05) is 0 Å². The Balaban J connectivity index is -0.0000000133. The molecule has 0 atom stereocenters. The molecule has 0 amide bonds. The van der Waals surface area contributed by atoms with E-state index in [0.717, 1.165) is 0 Å². The summed E-state index contributed by atoms with van der Waals surface area (Å²) < 4.78 is 15.4. The van der Waals surface area contributed by atoms with Gasteiger partial charge in [0.1, 0.15) is 0 Å². The molecule has 0 heterocycles. The van der Waals surface area contributed by atoms with Gasteiger partial charge in [0.15, 0.2) is 0 Å². The zero-order valence-electron chi connectivity index (χ0n) is 2.28. The molecular weight excluding hydrogens is 127 g/mol. The van der Waals surface area contributed by atoms with Crippen molar-refractivity contribution < 1.29 is 9.32 Å². The van der Waals surface area contributed by atoms with E-state index in [4.69, 9.17) is 9.32 Å². The van der Waals surface area contributed by atoms with Gasteiger partial charge >= 0.3 is 23.1 Å². The zero-order valence-corrected chi connectivity index (χ0v) is 5.21. The molecule has 0 N–H and O–H groups in total. The molecule has 0 aromatic carbocycles. The molecule has 28 valence electrons. The smallest absolute Gasteiger partial charge is 0.769 e. The number of halogens is 2. The van der Waals surface area contributed by atoms with Crippen LogP contribution in [-0.2, 0) is 0 Å². The van der Waals surface area contributed by atoms with E-state index in [1.165, 1.54) is 0 Å². The summed E-state index contributed by atoms with van der Waals surface area (Å²) in [5.41, 5.74) is 0. The molecule has 0 unspecified atom stereocenters. The Bertz CT molecular complexity index is 7.61. The maximum atomic E-state index is 7.72. The van der Waals surface area contributed by atoms with Crippen LogP contribution in [0.3, 0.4) is 0 Å². The minimum atomic E-state index is 0. The first-order chi connectivity index (χ1) is 2.00. The van der Waals surface area contributed by atoms with Gasteiger partial charge in [0.25, 0.3) is 0 Å². The molecule has 0 saturated carbocycles. The van der Waals surface area contributed by atoms with Gasteiger partial charge in [0.2, 0.25) is 0 Å². The summed E-state index contributed by atoms with van der Waals surface area (Å²) in [7, 11) is 0. The SMILES string of the molecule is [Mg+2].[O-]Cl.[O-]Cl. The normalized spacial score (nSPS) is 2.40. The van der Waals surface area contributed by atoms with E-state index in [2.05, 4.69) is 23.7 Å². The van der Waals surface area contributed by atoms with Gasteiger partial charge in [-0.15, -0.1) is 0 Å². The predicted molar refractivity (Wildman–Crippen MR) is 17.5 cm³/mol. The zero-order chi connectivity index (χ0) is 4.00. The molecule has 0 bridgehead atoms. The molecule has 0 aromatic heterocycles. The molecule has 2 nitrogen and oxygen atoms in total. The first-order valence-corrected chi connectivity index (χ1v) is 0.926. The Hall–Kier alpha value is 1.27. The molecule has 0 aliphatic heterocycles. The van der Waals surface area contributed by atoms with Crippen LogP contribution in [0.5, 0.6) is 0 Å². The average Bonchev–Trinajstić information content (AvgIpc) is 1.50. The van der Waals surface area contributed by atoms with E-state index in [-0.39, 0.29) is 23.1 Å². The first-order valence-electron chi connectivity index (χ1n) is 0.309. The van der Waals surface area contributed by atoms with Crippen LogP contribution in [0.25, 0.3) is 0 Å². The maximum absolute atomic E-state index is 7.72. The summed E-state index contributed by atoms with van der Waals surface area (Å²) in [6.07, 6.45) is 0. The van der Waals surface area contributed by atoms with Crippen molar-refractivity contribution in [2.75, 3.05) is 0 Å². The Kier molecular flexibility index (Phi) is 195. The molecule has 0 aliphatic rings. The summed E-state index contributed by atoms with van der Waals surface area (Å²) in [6.45, 7) is 0. The van der Waals surface area contributed by atoms with E-state index >= 15 is 0 Å². The largest absolute Gasteiger partial charge is 2.00 e. The van der Waals surface area contributed by atoms with Crippen LogP contribution >= 0.6 is 23.7 Å². The molecular formula is Cl2MgO2. The molecule has 0 fully saturated rings. The third kappa shape index (κ3) is 35.0. The van der Waals surface area contributed by atoms with Gasteiger partial charge in [0, 0.05) is 0 Å². The van der Waals surface area contributed by atoms with Crippen LogP contribution in [0.1, 0.15) is 0 Å². The van der Waals surface area contributed by atoms with E-state index < -0.39 is 0 Å². The van der Waals surface area contributed by atoms with Crippen molar-refractivity contribution in [3.63, 3.8) is 0 Å². The Labute approximate surface area is 56.2 Å². The summed E-state index contributed by atoms with van der Waals surface area (Å²) in [6, 6.07) is 0. The summed E-state index contributed by atoms with van der Waals surface area (Å²) in [5.74, 6) is 0. The minimum Gasteiger partial charge on any atom is -0.769 e. The van der Waals surface area contributed by atoms with Crippen LogP contribution in [0.15, 0.2) is 0 Å². The van der Waals surface area contributed by atoms with Crippen molar-refractivity contribution in [2.45, 2.75) is 0 Å². The van der Waals surface area contributed by atoms with Crippen molar-refractivity contribution in [2.24, 2.45) is 0 Å². The van der Waals surface area contributed by atoms with E-state index in [1.807, 2.05) is 0 Å². The quantitative estimate of drug-likeness (QED) is 0.376. The van der Waals surface area contributed by atoms with Crippen molar-refractivity contribution in [1.82, 2.24) is 0 Å². The number of hydrogen-bond acceptors (Lipinski definition) is 2. The Morgan fingerprint density at radius 3 is 0.800 bits per heavy atom. The average molecular weight is 127 g/mol. The fourth-order valence-corrected chi connectivity index (χ4v) is 0. The molecule has 0 radical (unpaired) electrons. The second-order valence-electron chi connectivity index (χ2n) is 0. The van der Waals surface area contributed by atoms with Crippen LogP contribution < -0.4 is 9.32 Å².